The smallest absolute Gasteiger partial charge is 0.137 e. The summed E-state index contributed by atoms with van der Waals surface area (Å²) >= 11 is 0. The minimum Gasteiger partial charge on any atom is -0.456 e. The molecule has 3 nitrogen and oxygen atoms in total. The fourth-order valence-corrected chi connectivity index (χ4v) is 11.7. The Kier molecular flexibility index (Phi) is 9.11. The highest BCUT2D eigenvalue weighted by molar-refractivity contribution is 6.15. The summed E-state index contributed by atoms with van der Waals surface area (Å²) in [5.41, 5.74) is 19.9. The maximum Gasteiger partial charge on any atom is 0.137 e. The summed E-state index contributed by atoms with van der Waals surface area (Å²) < 4.78 is 9.11. The van der Waals surface area contributed by atoms with E-state index in [4.69, 9.17) is 4.42 Å². The van der Waals surface area contributed by atoms with E-state index in [2.05, 4.69) is 276 Å². The highest BCUT2D eigenvalue weighted by Gasteiger charge is 2.46. The normalized spacial score (nSPS) is 12.7. The molecular weight excluding hydrogens is 849 g/mol. The number of nitrogens with zero attached hydrogens (tertiary/aromatic N) is 2. The van der Waals surface area contributed by atoms with Crippen molar-refractivity contribution in [1.82, 2.24) is 4.57 Å². The number of anilines is 3. The van der Waals surface area contributed by atoms with Crippen LogP contribution in [0.3, 0.4) is 0 Å². The molecule has 3 heteroatoms. The molecule has 0 saturated heterocycles. The molecule has 0 spiro atoms. The zero-order valence-electron chi connectivity index (χ0n) is 38.2. The standard InChI is InChI=1S/C67H44N2O/c1-4-19-45(20-5-1)47-38-40-64-58(43-47)66-63(35-18-36-65(66)70-64)68(52-27-16-21-46(41-52)48-37-39-62-57(42-48)56-31-12-15-34-61(56)69(62)51-25-8-3-9-26-51)53-28-17-24-50(44-53)67(49-22-6-2-7-23-49)59-32-13-10-29-54(59)55-30-11-14-33-60(55)67/h1-44H. The lowest BCUT2D eigenvalue weighted by atomic mass is 9.67. The van der Waals surface area contributed by atoms with Crippen LogP contribution < -0.4 is 4.90 Å². The zero-order valence-corrected chi connectivity index (χ0v) is 38.2. The molecule has 0 fully saturated rings. The van der Waals surface area contributed by atoms with Crippen molar-refractivity contribution >= 4 is 60.8 Å². The van der Waals surface area contributed by atoms with Gasteiger partial charge in [0.05, 0.1) is 27.5 Å². The molecule has 2 aromatic heterocycles. The van der Waals surface area contributed by atoms with Crippen LogP contribution in [-0.2, 0) is 5.41 Å². The van der Waals surface area contributed by atoms with Crippen LogP contribution in [0.4, 0.5) is 17.1 Å². The van der Waals surface area contributed by atoms with Crippen molar-refractivity contribution in [2.45, 2.75) is 5.41 Å². The summed E-state index contributed by atoms with van der Waals surface area (Å²) in [4.78, 5) is 2.45. The first-order valence-corrected chi connectivity index (χ1v) is 24.1. The third kappa shape index (κ3) is 6.08. The van der Waals surface area contributed by atoms with Gasteiger partial charge in [0, 0.05) is 33.2 Å². The first-order chi connectivity index (χ1) is 34.7. The molecule has 1 aliphatic rings. The molecule has 1 aliphatic carbocycles. The van der Waals surface area contributed by atoms with Crippen LogP contribution in [0, 0.1) is 0 Å². The maximum atomic E-state index is 6.74. The SMILES string of the molecule is c1ccc(-c2ccc3oc4cccc(N(c5cccc(-c6ccc7c(c6)c6ccccc6n7-c6ccccc6)c5)c5cccc(C6(c7ccccc7)c7ccccc7-c7ccccc76)c5)c4c3c2)cc1. The number of benzene rings is 11. The first kappa shape index (κ1) is 39.9. The molecule has 70 heavy (non-hydrogen) atoms. The average molecular weight is 893 g/mol. The number of hydrogen-bond donors (Lipinski definition) is 0. The van der Waals surface area contributed by atoms with E-state index >= 15 is 0 Å². The molecule has 14 rings (SSSR count). The Hall–Kier alpha value is -9.18. The van der Waals surface area contributed by atoms with Crippen LogP contribution in [0.5, 0.6) is 0 Å². The molecule has 328 valence electrons. The third-order valence-corrected chi connectivity index (χ3v) is 14.6. The molecule has 0 atom stereocenters. The molecular formula is C67H44N2O. The van der Waals surface area contributed by atoms with Crippen molar-refractivity contribution in [3.63, 3.8) is 0 Å². The van der Waals surface area contributed by atoms with Crippen molar-refractivity contribution in [2.75, 3.05) is 4.90 Å². The van der Waals surface area contributed by atoms with Crippen molar-refractivity contribution in [2.24, 2.45) is 0 Å². The van der Waals surface area contributed by atoms with E-state index in [0.717, 1.165) is 61.4 Å². The van der Waals surface area contributed by atoms with Crippen LogP contribution in [0.15, 0.2) is 271 Å². The molecule has 11 aromatic carbocycles. The molecule has 13 aromatic rings. The number of hydrogen-bond acceptors (Lipinski definition) is 2. The zero-order chi connectivity index (χ0) is 46.2. The quantitative estimate of drug-likeness (QED) is 0.152. The fourth-order valence-electron chi connectivity index (χ4n) is 11.7. The van der Waals surface area contributed by atoms with Crippen molar-refractivity contribution in [3.05, 3.63) is 289 Å². The van der Waals surface area contributed by atoms with Gasteiger partial charge in [-0.05, 0) is 134 Å². The summed E-state index contributed by atoms with van der Waals surface area (Å²) in [6, 6.07) is 97.3. The number of aromatic nitrogens is 1. The van der Waals surface area contributed by atoms with Crippen molar-refractivity contribution < 1.29 is 4.42 Å². The Labute approximate surface area is 406 Å². The number of para-hydroxylation sites is 2. The Morgan fingerprint density at radius 2 is 0.900 bits per heavy atom. The van der Waals surface area contributed by atoms with Gasteiger partial charge in [-0.25, -0.2) is 0 Å². The van der Waals surface area contributed by atoms with Crippen LogP contribution in [-0.4, -0.2) is 4.57 Å². The van der Waals surface area contributed by atoms with Gasteiger partial charge in [-0.2, -0.15) is 0 Å². The van der Waals surface area contributed by atoms with E-state index < -0.39 is 5.41 Å². The van der Waals surface area contributed by atoms with Gasteiger partial charge < -0.3 is 13.9 Å². The molecule has 0 radical (unpaired) electrons. The monoisotopic (exact) mass is 892 g/mol. The Morgan fingerprint density at radius 3 is 1.69 bits per heavy atom. The fraction of sp³-hybridized carbons (Fsp3) is 0.0149. The molecule has 0 amide bonds. The lowest BCUT2D eigenvalue weighted by Gasteiger charge is -2.35. The van der Waals surface area contributed by atoms with Crippen LogP contribution in [0.1, 0.15) is 22.3 Å². The van der Waals surface area contributed by atoms with Crippen molar-refractivity contribution in [1.29, 1.82) is 0 Å². The topological polar surface area (TPSA) is 21.3 Å². The van der Waals surface area contributed by atoms with Crippen LogP contribution in [0.2, 0.25) is 0 Å². The molecule has 0 unspecified atom stereocenters. The van der Waals surface area contributed by atoms with Gasteiger partial charge in [-0.3, -0.25) is 0 Å². The van der Waals surface area contributed by atoms with Gasteiger partial charge in [0.2, 0.25) is 0 Å². The number of furan rings is 1. The first-order valence-electron chi connectivity index (χ1n) is 24.1. The van der Waals surface area contributed by atoms with Gasteiger partial charge in [0.25, 0.3) is 0 Å². The van der Waals surface area contributed by atoms with E-state index in [-0.39, 0.29) is 0 Å². The summed E-state index contributed by atoms with van der Waals surface area (Å²) in [5.74, 6) is 0. The Morgan fingerprint density at radius 1 is 0.343 bits per heavy atom. The average Bonchev–Trinajstić information content (AvgIpc) is 4.08. The van der Waals surface area contributed by atoms with Gasteiger partial charge in [0.15, 0.2) is 0 Å². The van der Waals surface area contributed by atoms with E-state index in [1.54, 1.807) is 0 Å². The summed E-state index contributed by atoms with van der Waals surface area (Å²) in [5, 5.41) is 4.59. The lowest BCUT2D eigenvalue weighted by molar-refractivity contribution is 0.669. The Bertz CT molecular complexity index is 4080. The second-order valence-corrected chi connectivity index (χ2v) is 18.4. The van der Waals surface area contributed by atoms with Gasteiger partial charge >= 0.3 is 0 Å². The molecule has 0 N–H and O–H groups in total. The summed E-state index contributed by atoms with van der Waals surface area (Å²) in [6.45, 7) is 0. The second-order valence-electron chi connectivity index (χ2n) is 18.4. The van der Waals surface area contributed by atoms with E-state index in [9.17, 15) is 0 Å². The van der Waals surface area contributed by atoms with E-state index in [1.165, 1.54) is 60.8 Å². The second kappa shape index (κ2) is 16.0. The van der Waals surface area contributed by atoms with Crippen molar-refractivity contribution in [3.8, 4) is 39.1 Å². The van der Waals surface area contributed by atoms with Crippen LogP contribution in [0.25, 0.3) is 82.8 Å². The van der Waals surface area contributed by atoms with Gasteiger partial charge in [0.1, 0.15) is 11.2 Å². The highest BCUT2D eigenvalue weighted by Crippen LogP contribution is 2.57. The third-order valence-electron chi connectivity index (χ3n) is 14.6. The van der Waals surface area contributed by atoms with Gasteiger partial charge in [-0.1, -0.05) is 188 Å². The summed E-state index contributed by atoms with van der Waals surface area (Å²) in [6.07, 6.45) is 0. The van der Waals surface area contributed by atoms with E-state index in [0.29, 0.717) is 0 Å². The Balaban J connectivity index is 1.01. The molecule has 0 aliphatic heterocycles. The molecule has 0 saturated carbocycles. The number of fused-ring (bicyclic) bond motifs is 9. The lowest BCUT2D eigenvalue weighted by Crippen LogP contribution is -2.28. The van der Waals surface area contributed by atoms with Gasteiger partial charge in [-0.15, -0.1) is 0 Å². The predicted octanol–water partition coefficient (Wildman–Crippen LogP) is 17.8. The minimum absolute atomic E-state index is 0.564. The van der Waals surface area contributed by atoms with Crippen LogP contribution >= 0.6 is 0 Å². The maximum absolute atomic E-state index is 6.74. The molecule has 0 bridgehead atoms. The minimum atomic E-state index is -0.564. The largest absolute Gasteiger partial charge is 0.456 e. The highest BCUT2D eigenvalue weighted by atomic mass is 16.3. The summed E-state index contributed by atoms with van der Waals surface area (Å²) in [7, 11) is 0. The molecule has 2 heterocycles. The predicted molar refractivity (Wildman–Crippen MR) is 291 cm³/mol. The number of rotatable bonds is 8. The van der Waals surface area contributed by atoms with E-state index in [1.807, 2.05) is 0 Å².